The van der Waals surface area contributed by atoms with E-state index in [0.29, 0.717) is 41.4 Å². The highest BCUT2D eigenvalue weighted by Gasteiger charge is 2.64. The molecule has 0 amide bonds. The third-order valence-electron chi connectivity index (χ3n) is 11.3. The van der Waals surface area contributed by atoms with E-state index in [1.807, 2.05) is 6.92 Å². The lowest BCUT2D eigenvalue weighted by atomic mass is 9.41. The molecule has 4 saturated carbocycles. The molecule has 3 N–H and O–H groups in total. The molecular formula is C27H46O4. The second kappa shape index (κ2) is 8.31. The first-order valence-electron chi connectivity index (χ1n) is 13.1. The van der Waals surface area contributed by atoms with Gasteiger partial charge in [-0.3, -0.25) is 4.79 Å². The van der Waals surface area contributed by atoms with Crippen molar-refractivity contribution in [1.29, 1.82) is 0 Å². The number of hydrogen-bond acceptors (Lipinski definition) is 3. The summed E-state index contributed by atoms with van der Waals surface area (Å²) in [6.45, 7) is 11.3. The number of rotatable bonds is 5. The molecule has 178 valence electrons. The van der Waals surface area contributed by atoms with Crippen LogP contribution in [0.5, 0.6) is 0 Å². The van der Waals surface area contributed by atoms with Crippen molar-refractivity contribution in [3.05, 3.63) is 0 Å². The molecule has 0 bridgehead atoms. The van der Waals surface area contributed by atoms with Gasteiger partial charge in [0.2, 0.25) is 0 Å². The van der Waals surface area contributed by atoms with Gasteiger partial charge in [-0.05, 0) is 104 Å². The molecule has 4 unspecified atom stereocenters. The molecule has 4 nitrogen and oxygen atoms in total. The fourth-order valence-corrected chi connectivity index (χ4v) is 9.76. The predicted octanol–water partition coefficient (Wildman–Crippen LogP) is 5.36. The second-order valence-corrected chi connectivity index (χ2v) is 12.6. The van der Waals surface area contributed by atoms with Crippen molar-refractivity contribution < 1.29 is 20.1 Å². The molecular weight excluding hydrogens is 388 g/mol. The van der Waals surface area contributed by atoms with Crippen LogP contribution < -0.4 is 0 Å². The molecule has 4 rings (SSSR count). The predicted molar refractivity (Wildman–Crippen MR) is 122 cm³/mol. The van der Waals surface area contributed by atoms with Gasteiger partial charge >= 0.3 is 5.97 Å². The molecule has 0 radical (unpaired) electrons. The molecule has 0 aromatic heterocycles. The zero-order valence-electron chi connectivity index (χ0n) is 20.4. The van der Waals surface area contributed by atoms with Gasteiger partial charge in [0.1, 0.15) is 0 Å². The summed E-state index contributed by atoms with van der Waals surface area (Å²) in [4.78, 5) is 11.5. The van der Waals surface area contributed by atoms with Gasteiger partial charge in [-0.25, -0.2) is 0 Å². The van der Waals surface area contributed by atoms with Crippen molar-refractivity contribution in [2.75, 3.05) is 0 Å². The molecule has 4 fully saturated rings. The Morgan fingerprint density at radius 2 is 1.61 bits per heavy atom. The third-order valence-corrected chi connectivity index (χ3v) is 11.3. The fraction of sp³-hybridized carbons (Fsp3) is 0.963. The Morgan fingerprint density at radius 1 is 0.968 bits per heavy atom. The monoisotopic (exact) mass is 434 g/mol. The van der Waals surface area contributed by atoms with Crippen LogP contribution in [0.25, 0.3) is 0 Å². The van der Waals surface area contributed by atoms with Gasteiger partial charge in [-0.15, -0.1) is 0 Å². The number of aliphatic carboxylic acids is 1. The van der Waals surface area contributed by atoms with Crippen LogP contribution >= 0.6 is 0 Å². The average Bonchev–Trinajstić information content (AvgIpc) is 3.06. The Balaban J connectivity index is 1.61. The van der Waals surface area contributed by atoms with Gasteiger partial charge in [0, 0.05) is 0 Å². The van der Waals surface area contributed by atoms with E-state index in [2.05, 4.69) is 27.7 Å². The summed E-state index contributed by atoms with van der Waals surface area (Å²) in [5, 5.41) is 31.6. The average molecular weight is 435 g/mol. The number of fused-ring (bicyclic) bond motifs is 5. The minimum Gasteiger partial charge on any atom is -0.481 e. The quantitative estimate of drug-likeness (QED) is 0.544. The van der Waals surface area contributed by atoms with E-state index >= 15 is 0 Å². The van der Waals surface area contributed by atoms with Gasteiger partial charge in [0.15, 0.2) is 0 Å². The molecule has 0 aromatic rings. The second-order valence-electron chi connectivity index (χ2n) is 12.6. The maximum absolute atomic E-state index is 11.7. The normalized spacial score (nSPS) is 51.3. The van der Waals surface area contributed by atoms with Gasteiger partial charge in [0.25, 0.3) is 0 Å². The zero-order valence-corrected chi connectivity index (χ0v) is 20.4. The zero-order chi connectivity index (χ0) is 22.7. The van der Waals surface area contributed by atoms with E-state index in [1.54, 1.807) is 0 Å². The van der Waals surface area contributed by atoms with Crippen LogP contribution in [-0.4, -0.2) is 33.5 Å². The Bertz CT molecular complexity index is 678. The first-order valence-corrected chi connectivity index (χ1v) is 13.1. The summed E-state index contributed by atoms with van der Waals surface area (Å²) in [7, 11) is 0. The highest BCUT2D eigenvalue weighted by atomic mass is 16.4. The summed E-state index contributed by atoms with van der Waals surface area (Å²) in [5.74, 6) is 2.23. The SMILES string of the molecule is CC[C@H]1C(O)C2C3CC[C@H]([C@H](C)C[C@H](C)C(=O)O)[C@@]3(C)CCC2[C@@]2(C)CC[C@@H](O)C[C@@H]12. The maximum atomic E-state index is 11.7. The minimum atomic E-state index is -0.679. The first-order chi connectivity index (χ1) is 14.5. The summed E-state index contributed by atoms with van der Waals surface area (Å²) < 4.78 is 0. The van der Waals surface area contributed by atoms with Crippen LogP contribution in [0.3, 0.4) is 0 Å². The lowest BCUT2D eigenvalue weighted by molar-refractivity contribution is -0.203. The van der Waals surface area contributed by atoms with Crippen LogP contribution in [0.1, 0.15) is 92.4 Å². The van der Waals surface area contributed by atoms with E-state index in [9.17, 15) is 20.1 Å². The lowest BCUT2D eigenvalue weighted by Crippen LogP contribution is -2.62. The van der Waals surface area contributed by atoms with Gasteiger partial charge in [-0.2, -0.15) is 0 Å². The third kappa shape index (κ3) is 3.59. The van der Waals surface area contributed by atoms with Crippen LogP contribution in [0.15, 0.2) is 0 Å². The van der Waals surface area contributed by atoms with Crippen molar-refractivity contribution in [2.45, 2.75) is 105 Å². The number of carboxylic acids is 1. The van der Waals surface area contributed by atoms with E-state index in [-0.39, 0.29) is 29.0 Å². The number of carbonyl (C=O) groups is 1. The van der Waals surface area contributed by atoms with Crippen molar-refractivity contribution in [2.24, 2.45) is 58.2 Å². The van der Waals surface area contributed by atoms with Crippen LogP contribution in [0, 0.1) is 58.2 Å². The fourth-order valence-electron chi connectivity index (χ4n) is 9.76. The minimum absolute atomic E-state index is 0.197. The topological polar surface area (TPSA) is 77.8 Å². The lowest BCUT2D eigenvalue weighted by Gasteiger charge is -2.64. The molecule has 0 saturated heterocycles. The Hall–Kier alpha value is -0.610. The molecule has 0 spiro atoms. The van der Waals surface area contributed by atoms with Gasteiger partial charge < -0.3 is 15.3 Å². The van der Waals surface area contributed by atoms with E-state index in [4.69, 9.17) is 0 Å². The van der Waals surface area contributed by atoms with Crippen LogP contribution in [0.2, 0.25) is 0 Å². The highest BCUT2D eigenvalue weighted by molar-refractivity contribution is 5.69. The molecule has 0 aromatic carbocycles. The molecule has 4 aliphatic carbocycles. The van der Waals surface area contributed by atoms with Crippen molar-refractivity contribution in [3.63, 3.8) is 0 Å². The Labute approximate surface area is 189 Å². The van der Waals surface area contributed by atoms with Gasteiger partial charge in [0.05, 0.1) is 18.1 Å². The standard InChI is InChI=1S/C27H46O4/c1-6-18-22-14-17(28)9-11-27(22,5)21-10-12-26(4)19(15(2)13-16(3)25(30)31)7-8-20(26)23(21)24(18)29/h15-24,28-29H,6-14H2,1-5H3,(H,30,31)/t15-,16+,17-,18-,19-,20?,21?,22+,23?,24?,26-,27-/m1/s1. The molecule has 31 heavy (non-hydrogen) atoms. The van der Waals surface area contributed by atoms with Gasteiger partial charge in [-0.1, -0.05) is 41.0 Å². The van der Waals surface area contributed by atoms with Crippen molar-refractivity contribution >= 4 is 5.97 Å². The first kappa shape index (κ1) is 23.5. The molecule has 4 aliphatic rings. The Morgan fingerprint density at radius 3 is 2.26 bits per heavy atom. The largest absolute Gasteiger partial charge is 0.481 e. The van der Waals surface area contributed by atoms with Crippen LogP contribution in [0.4, 0.5) is 0 Å². The molecule has 4 heteroatoms. The molecule has 12 atom stereocenters. The summed E-state index contributed by atoms with van der Waals surface area (Å²) in [5.41, 5.74) is 0.460. The van der Waals surface area contributed by atoms with Crippen LogP contribution in [-0.2, 0) is 4.79 Å². The van der Waals surface area contributed by atoms with Crippen molar-refractivity contribution in [3.8, 4) is 0 Å². The number of carboxylic acid groups (broad SMARTS) is 1. The van der Waals surface area contributed by atoms with E-state index in [1.165, 1.54) is 25.7 Å². The summed E-state index contributed by atoms with van der Waals surface area (Å²) >= 11 is 0. The number of aliphatic hydroxyl groups is 2. The Kier molecular flexibility index (Phi) is 6.31. The summed E-state index contributed by atoms with van der Waals surface area (Å²) in [6, 6.07) is 0. The number of aliphatic hydroxyl groups excluding tert-OH is 2. The maximum Gasteiger partial charge on any atom is 0.306 e. The van der Waals surface area contributed by atoms with E-state index < -0.39 is 5.97 Å². The highest BCUT2D eigenvalue weighted by Crippen LogP contribution is 2.69. The van der Waals surface area contributed by atoms with Crippen molar-refractivity contribution in [1.82, 2.24) is 0 Å². The molecule has 0 heterocycles. The van der Waals surface area contributed by atoms with E-state index in [0.717, 1.165) is 32.1 Å². The summed E-state index contributed by atoms with van der Waals surface area (Å²) in [6.07, 6.45) is 8.95. The smallest absolute Gasteiger partial charge is 0.306 e. The number of hydrogen-bond donors (Lipinski definition) is 3. The molecule has 0 aliphatic heterocycles.